The lowest BCUT2D eigenvalue weighted by atomic mass is 10.0. The van der Waals surface area contributed by atoms with Gasteiger partial charge in [-0.1, -0.05) is 18.2 Å². The van der Waals surface area contributed by atoms with Crippen molar-refractivity contribution in [3.63, 3.8) is 0 Å². The van der Waals surface area contributed by atoms with Gasteiger partial charge in [0, 0.05) is 5.69 Å². The van der Waals surface area contributed by atoms with Gasteiger partial charge in [-0.05, 0) is 60.2 Å². The zero-order chi connectivity index (χ0) is 23.8. The maximum absolute atomic E-state index is 13.4. The number of nitrogens with one attached hydrogen (secondary N) is 1. The molecule has 1 heterocycles. The molecule has 33 heavy (non-hydrogen) atoms. The molecule has 0 aromatic heterocycles. The lowest BCUT2D eigenvalue weighted by molar-refractivity contribution is -0.137. The molecule has 1 aliphatic heterocycles. The zero-order valence-electron chi connectivity index (χ0n) is 16.7. The molecule has 0 spiro atoms. The van der Waals surface area contributed by atoms with E-state index in [4.69, 9.17) is 5.26 Å². The Kier molecular flexibility index (Phi) is 5.44. The van der Waals surface area contributed by atoms with Gasteiger partial charge in [-0.25, -0.2) is 9.29 Å². The zero-order valence-corrected chi connectivity index (χ0v) is 16.7. The van der Waals surface area contributed by atoms with Crippen LogP contribution in [0.4, 0.5) is 28.9 Å². The van der Waals surface area contributed by atoms with Crippen molar-refractivity contribution in [2.24, 2.45) is 0 Å². The number of benzene rings is 3. The van der Waals surface area contributed by atoms with Gasteiger partial charge in [0.05, 0.1) is 28.5 Å². The van der Waals surface area contributed by atoms with Crippen molar-refractivity contribution in [3.05, 3.63) is 101 Å². The van der Waals surface area contributed by atoms with E-state index in [1.165, 1.54) is 48.5 Å². The average molecular weight is 451 g/mol. The number of imide groups is 1. The van der Waals surface area contributed by atoms with Crippen molar-refractivity contribution in [1.82, 2.24) is 0 Å². The predicted molar refractivity (Wildman–Crippen MR) is 112 cm³/mol. The molecule has 1 aliphatic rings. The monoisotopic (exact) mass is 451 g/mol. The number of anilines is 2. The van der Waals surface area contributed by atoms with Crippen LogP contribution in [0.2, 0.25) is 0 Å². The lowest BCUT2D eigenvalue weighted by Gasteiger charge is -2.15. The minimum Gasteiger partial charge on any atom is -0.350 e. The Hall–Kier alpha value is -4.45. The van der Waals surface area contributed by atoms with Gasteiger partial charge in [-0.15, -0.1) is 0 Å². The third-order valence-corrected chi connectivity index (χ3v) is 4.93. The molecule has 5 nitrogen and oxygen atoms in total. The molecular weight excluding hydrogens is 438 g/mol. The Morgan fingerprint density at radius 3 is 2.15 bits per heavy atom. The first-order chi connectivity index (χ1) is 15.7. The third-order valence-electron chi connectivity index (χ3n) is 4.93. The Bertz CT molecular complexity index is 1320. The second kappa shape index (κ2) is 8.24. The normalized spacial score (nSPS) is 14.0. The highest BCUT2D eigenvalue weighted by Gasteiger charge is 2.40. The van der Waals surface area contributed by atoms with E-state index in [9.17, 15) is 27.2 Å². The summed E-state index contributed by atoms with van der Waals surface area (Å²) in [6.07, 6.45) is -4.60. The molecule has 0 saturated heterocycles. The highest BCUT2D eigenvalue weighted by Crippen LogP contribution is 2.35. The second-order valence-electron chi connectivity index (χ2n) is 7.06. The van der Waals surface area contributed by atoms with Crippen LogP contribution in [0.3, 0.4) is 0 Å². The van der Waals surface area contributed by atoms with E-state index in [1.807, 2.05) is 6.07 Å². The van der Waals surface area contributed by atoms with E-state index in [0.29, 0.717) is 5.56 Å². The highest BCUT2D eigenvalue weighted by molar-refractivity contribution is 6.46. The number of nitriles is 1. The summed E-state index contributed by atoms with van der Waals surface area (Å²) in [5.74, 6) is -2.11. The average Bonchev–Trinajstić information content (AvgIpc) is 3.03. The Balaban J connectivity index is 1.80. The number of nitrogens with zero attached hydrogens (tertiary/aromatic N) is 2. The number of carbonyl (C=O) groups is 2. The molecule has 4 rings (SSSR count). The molecule has 0 radical (unpaired) electrons. The summed E-state index contributed by atoms with van der Waals surface area (Å²) < 4.78 is 52.8. The topological polar surface area (TPSA) is 73.2 Å². The number of carbonyl (C=O) groups excluding carboxylic acids is 2. The summed E-state index contributed by atoms with van der Waals surface area (Å²) in [6, 6.07) is 16.6. The van der Waals surface area contributed by atoms with Crippen LogP contribution in [0.1, 0.15) is 16.7 Å². The summed E-state index contributed by atoms with van der Waals surface area (Å²) in [4.78, 5) is 27.3. The van der Waals surface area contributed by atoms with Gasteiger partial charge in [-0.3, -0.25) is 9.59 Å². The first-order valence-electron chi connectivity index (χ1n) is 9.52. The molecule has 0 aliphatic carbocycles. The predicted octanol–water partition coefficient (Wildman–Crippen LogP) is 5.11. The van der Waals surface area contributed by atoms with E-state index in [-0.39, 0.29) is 28.2 Å². The van der Waals surface area contributed by atoms with E-state index in [2.05, 4.69) is 5.32 Å². The van der Waals surface area contributed by atoms with Gasteiger partial charge in [-0.2, -0.15) is 18.4 Å². The van der Waals surface area contributed by atoms with E-state index < -0.39 is 29.4 Å². The maximum atomic E-state index is 13.4. The van der Waals surface area contributed by atoms with Crippen molar-refractivity contribution in [1.29, 1.82) is 5.26 Å². The number of alkyl halides is 3. The van der Waals surface area contributed by atoms with Crippen LogP contribution < -0.4 is 10.2 Å². The van der Waals surface area contributed by atoms with Crippen LogP contribution in [0.25, 0.3) is 5.57 Å². The largest absolute Gasteiger partial charge is 0.416 e. The van der Waals surface area contributed by atoms with Crippen molar-refractivity contribution >= 4 is 28.8 Å². The molecule has 0 unspecified atom stereocenters. The van der Waals surface area contributed by atoms with Crippen molar-refractivity contribution < 1.29 is 27.2 Å². The smallest absolute Gasteiger partial charge is 0.350 e. The fourth-order valence-electron chi connectivity index (χ4n) is 3.37. The molecule has 3 aromatic rings. The number of halogens is 4. The van der Waals surface area contributed by atoms with Crippen LogP contribution >= 0.6 is 0 Å². The van der Waals surface area contributed by atoms with Crippen LogP contribution in [-0.2, 0) is 15.8 Å². The first kappa shape index (κ1) is 21.8. The number of hydrogen-bond acceptors (Lipinski definition) is 4. The van der Waals surface area contributed by atoms with Crippen molar-refractivity contribution in [2.75, 3.05) is 10.2 Å². The standard InChI is InChI=1S/C24H13F4N3O2/c25-17-8-6-15(7-9-17)20-21(30-18-3-1-2-16(12-18)24(26,27)28)23(33)31(22(20)32)19-10-4-14(13-29)5-11-19/h1-12,30H. The van der Waals surface area contributed by atoms with E-state index in [1.54, 1.807) is 0 Å². The molecule has 3 aromatic carbocycles. The molecule has 9 heteroatoms. The number of hydrogen-bond donors (Lipinski definition) is 1. The minimum atomic E-state index is -4.60. The molecule has 0 atom stereocenters. The molecule has 1 N–H and O–H groups in total. The Labute approximate surface area is 185 Å². The third kappa shape index (κ3) is 4.19. The highest BCUT2D eigenvalue weighted by atomic mass is 19.4. The van der Waals surface area contributed by atoms with Crippen LogP contribution in [0.5, 0.6) is 0 Å². The molecule has 2 amide bonds. The van der Waals surface area contributed by atoms with Crippen LogP contribution in [-0.4, -0.2) is 11.8 Å². The summed E-state index contributed by atoms with van der Waals surface area (Å²) in [5, 5.41) is 11.6. The van der Waals surface area contributed by atoms with Gasteiger partial charge in [0.15, 0.2) is 0 Å². The number of amides is 2. The molecular formula is C24H13F4N3O2. The molecule has 0 bridgehead atoms. The first-order valence-corrected chi connectivity index (χ1v) is 9.52. The fraction of sp³-hybridized carbons (Fsp3) is 0.0417. The van der Waals surface area contributed by atoms with E-state index in [0.717, 1.165) is 29.2 Å². The van der Waals surface area contributed by atoms with Gasteiger partial charge in [0.2, 0.25) is 0 Å². The van der Waals surface area contributed by atoms with Crippen LogP contribution in [0.15, 0.2) is 78.5 Å². The van der Waals surface area contributed by atoms with Gasteiger partial charge in [0.1, 0.15) is 11.5 Å². The van der Waals surface area contributed by atoms with Crippen molar-refractivity contribution in [2.45, 2.75) is 6.18 Å². The second-order valence-corrected chi connectivity index (χ2v) is 7.06. The van der Waals surface area contributed by atoms with Gasteiger partial charge >= 0.3 is 6.18 Å². The Morgan fingerprint density at radius 2 is 1.55 bits per heavy atom. The quantitative estimate of drug-likeness (QED) is 0.442. The molecule has 0 fully saturated rings. The lowest BCUT2D eigenvalue weighted by Crippen LogP contribution is -2.32. The Morgan fingerprint density at radius 1 is 0.879 bits per heavy atom. The molecule has 164 valence electrons. The van der Waals surface area contributed by atoms with E-state index >= 15 is 0 Å². The summed E-state index contributed by atoms with van der Waals surface area (Å²) in [6.45, 7) is 0. The number of rotatable bonds is 4. The maximum Gasteiger partial charge on any atom is 0.416 e. The minimum absolute atomic E-state index is 0.0535. The fourth-order valence-corrected chi connectivity index (χ4v) is 3.37. The summed E-state index contributed by atoms with van der Waals surface area (Å²) in [5.41, 5.74) is -0.673. The summed E-state index contributed by atoms with van der Waals surface area (Å²) in [7, 11) is 0. The molecule has 0 saturated carbocycles. The summed E-state index contributed by atoms with van der Waals surface area (Å²) >= 11 is 0. The van der Waals surface area contributed by atoms with Crippen molar-refractivity contribution in [3.8, 4) is 6.07 Å². The van der Waals surface area contributed by atoms with Gasteiger partial charge in [0.25, 0.3) is 11.8 Å². The SMILES string of the molecule is N#Cc1ccc(N2C(=O)C(Nc3cccc(C(F)(F)F)c3)=C(c3ccc(F)cc3)C2=O)cc1. The van der Waals surface area contributed by atoms with Crippen LogP contribution in [0, 0.1) is 17.1 Å². The van der Waals surface area contributed by atoms with Gasteiger partial charge < -0.3 is 5.32 Å².